The van der Waals surface area contributed by atoms with E-state index in [4.69, 9.17) is 0 Å². The van der Waals surface area contributed by atoms with Gasteiger partial charge in [-0.05, 0) is 25.0 Å². The molecule has 0 aromatic heterocycles. The molecular formula is C16H21F3N2O. The molecule has 3 nitrogen and oxygen atoms in total. The zero-order valence-corrected chi connectivity index (χ0v) is 12.4. The van der Waals surface area contributed by atoms with Gasteiger partial charge in [0.15, 0.2) is 0 Å². The molecule has 0 heterocycles. The van der Waals surface area contributed by atoms with Crippen molar-refractivity contribution in [2.24, 2.45) is 0 Å². The quantitative estimate of drug-likeness (QED) is 0.826. The van der Waals surface area contributed by atoms with Gasteiger partial charge in [0, 0.05) is 6.04 Å². The second kappa shape index (κ2) is 7.63. The SMILES string of the molecule is O=C(CNC1CCCCCC1)Nc1ccccc1C(F)(F)F. The van der Waals surface area contributed by atoms with E-state index in [0.29, 0.717) is 0 Å². The van der Waals surface area contributed by atoms with Crippen molar-refractivity contribution in [2.45, 2.75) is 50.7 Å². The summed E-state index contributed by atoms with van der Waals surface area (Å²) in [5.41, 5.74) is -1.01. The Hall–Kier alpha value is -1.56. The molecule has 0 aliphatic heterocycles. The fourth-order valence-corrected chi connectivity index (χ4v) is 2.75. The van der Waals surface area contributed by atoms with E-state index in [1.807, 2.05) is 0 Å². The third-order valence-corrected chi connectivity index (χ3v) is 3.91. The summed E-state index contributed by atoms with van der Waals surface area (Å²) in [7, 11) is 0. The molecule has 1 aromatic carbocycles. The molecule has 0 atom stereocenters. The molecule has 0 radical (unpaired) electrons. The Morgan fingerprint density at radius 1 is 1.09 bits per heavy atom. The highest BCUT2D eigenvalue weighted by molar-refractivity contribution is 5.93. The summed E-state index contributed by atoms with van der Waals surface area (Å²) in [5, 5.41) is 5.50. The predicted molar refractivity (Wildman–Crippen MR) is 79.6 cm³/mol. The van der Waals surface area contributed by atoms with Crippen LogP contribution in [0.1, 0.15) is 44.1 Å². The molecule has 22 heavy (non-hydrogen) atoms. The van der Waals surface area contributed by atoms with Crippen LogP contribution < -0.4 is 10.6 Å². The molecule has 122 valence electrons. The normalized spacial score (nSPS) is 17.0. The first-order chi connectivity index (χ1) is 10.5. The third-order valence-electron chi connectivity index (χ3n) is 3.91. The molecule has 1 amide bonds. The summed E-state index contributed by atoms with van der Waals surface area (Å²) >= 11 is 0. The smallest absolute Gasteiger partial charge is 0.324 e. The van der Waals surface area contributed by atoms with Crippen LogP contribution in [0.4, 0.5) is 18.9 Å². The maximum Gasteiger partial charge on any atom is 0.418 e. The topological polar surface area (TPSA) is 41.1 Å². The van der Waals surface area contributed by atoms with E-state index in [1.54, 1.807) is 0 Å². The predicted octanol–water partition coefficient (Wildman–Crippen LogP) is 3.96. The van der Waals surface area contributed by atoms with Gasteiger partial charge in [-0.15, -0.1) is 0 Å². The molecule has 6 heteroatoms. The molecule has 1 saturated carbocycles. The second-order valence-electron chi connectivity index (χ2n) is 5.66. The first kappa shape index (κ1) is 16.8. The largest absolute Gasteiger partial charge is 0.418 e. The van der Waals surface area contributed by atoms with Gasteiger partial charge in [0.2, 0.25) is 5.91 Å². The summed E-state index contributed by atoms with van der Waals surface area (Å²) in [5.74, 6) is -0.444. The van der Waals surface area contributed by atoms with Crippen molar-refractivity contribution in [1.82, 2.24) is 5.32 Å². The van der Waals surface area contributed by atoms with Crippen LogP contribution in [0.15, 0.2) is 24.3 Å². The Morgan fingerprint density at radius 2 is 1.73 bits per heavy atom. The number of nitrogens with one attached hydrogen (secondary N) is 2. The lowest BCUT2D eigenvalue weighted by Gasteiger charge is -2.17. The second-order valence-corrected chi connectivity index (χ2v) is 5.66. The van der Waals surface area contributed by atoms with Crippen molar-refractivity contribution >= 4 is 11.6 Å². The summed E-state index contributed by atoms with van der Waals surface area (Å²) < 4.78 is 38.6. The zero-order valence-electron chi connectivity index (χ0n) is 12.4. The number of anilines is 1. The summed E-state index contributed by atoms with van der Waals surface area (Å²) in [6.45, 7) is 0.0385. The Labute approximate surface area is 128 Å². The minimum atomic E-state index is -4.47. The van der Waals surface area contributed by atoms with Gasteiger partial charge >= 0.3 is 6.18 Å². The van der Waals surface area contributed by atoms with Crippen LogP contribution in [0.25, 0.3) is 0 Å². The monoisotopic (exact) mass is 314 g/mol. The van der Waals surface area contributed by atoms with E-state index in [-0.39, 0.29) is 18.3 Å². The molecule has 0 saturated heterocycles. The van der Waals surface area contributed by atoms with Crippen LogP contribution in [0.2, 0.25) is 0 Å². The highest BCUT2D eigenvalue weighted by Gasteiger charge is 2.33. The van der Waals surface area contributed by atoms with E-state index < -0.39 is 17.6 Å². The molecular weight excluding hydrogens is 293 g/mol. The lowest BCUT2D eigenvalue weighted by molar-refractivity contribution is -0.137. The van der Waals surface area contributed by atoms with Crippen LogP contribution >= 0.6 is 0 Å². The van der Waals surface area contributed by atoms with E-state index in [2.05, 4.69) is 10.6 Å². The molecule has 1 aliphatic carbocycles. The van der Waals surface area contributed by atoms with Crippen LogP contribution in [0, 0.1) is 0 Å². The summed E-state index contributed by atoms with van der Waals surface area (Å²) in [6.07, 6.45) is 2.26. The van der Waals surface area contributed by atoms with Crippen LogP contribution in [-0.4, -0.2) is 18.5 Å². The van der Waals surface area contributed by atoms with Crippen LogP contribution in [0.3, 0.4) is 0 Å². The Kier molecular flexibility index (Phi) is 5.83. The minimum absolute atomic E-state index is 0.0385. The molecule has 1 aromatic rings. The summed E-state index contributed by atoms with van der Waals surface area (Å²) in [6, 6.07) is 5.30. The maximum atomic E-state index is 12.9. The van der Waals surface area contributed by atoms with Crippen molar-refractivity contribution in [1.29, 1.82) is 0 Å². The molecule has 2 N–H and O–H groups in total. The average molecular weight is 314 g/mol. The van der Waals surface area contributed by atoms with Gasteiger partial charge in [0.1, 0.15) is 0 Å². The minimum Gasteiger partial charge on any atom is -0.324 e. The number of carbonyl (C=O) groups is 1. The average Bonchev–Trinajstić information content (AvgIpc) is 2.73. The van der Waals surface area contributed by atoms with Gasteiger partial charge in [-0.25, -0.2) is 0 Å². The van der Waals surface area contributed by atoms with Crippen molar-refractivity contribution in [3.63, 3.8) is 0 Å². The number of hydrogen-bond acceptors (Lipinski definition) is 2. The van der Waals surface area contributed by atoms with Crippen molar-refractivity contribution in [2.75, 3.05) is 11.9 Å². The van der Waals surface area contributed by atoms with Crippen LogP contribution in [0.5, 0.6) is 0 Å². The number of halogens is 3. The lowest BCUT2D eigenvalue weighted by Crippen LogP contribution is -2.36. The summed E-state index contributed by atoms with van der Waals surface area (Å²) in [4.78, 5) is 11.9. The van der Waals surface area contributed by atoms with E-state index >= 15 is 0 Å². The molecule has 0 unspecified atom stereocenters. The van der Waals surface area contributed by atoms with Gasteiger partial charge in [-0.2, -0.15) is 13.2 Å². The molecule has 1 aliphatic rings. The Morgan fingerprint density at radius 3 is 2.36 bits per heavy atom. The van der Waals surface area contributed by atoms with Gasteiger partial charge in [0.25, 0.3) is 0 Å². The fraction of sp³-hybridized carbons (Fsp3) is 0.562. The van der Waals surface area contributed by atoms with Crippen LogP contribution in [-0.2, 0) is 11.0 Å². The van der Waals surface area contributed by atoms with Gasteiger partial charge in [0.05, 0.1) is 17.8 Å². The van der Waals surface area contributed by atoms with Crippen molar-refractivity contribution in [3.8, 4) is 0 Å². The van der Waals surface area contributed by atoms with E-state index in [0.717, 1.165) is 31.7 Å². The Balaban J connectivity index is 1.89. The molecule has 0 spiro atoms. The number of rotatable bonds is 4. The highest BCUT2D eigenvalue weighted by Crippen LogP contribution is 2.34. The zero-order chi connectivity index (χ0) is 16.0. The Bertz CT molecular complexity index is 494. The number of para-hydroxylation sites is 1. The van der Waals surface area contributed by atoms with Gasteiger partial charge in [-0.1, -0.05) is 37.8 Å². The highest BCUT2D eigenvalue weighted by atomic mass is 19.4. The number of hydrogen-bond donors (Lipinski definition) is 2. The fourth-order valence-electron chi connectivity index (χ4n) is 2.75. The van der Waals surface area contributed by atoms with Gasteiger partial charge in [-0.3, -0.25) is 4.79 Å². The number of alkyl halides is 3. The first-order valence-electron chi connectivity index (χ1n) is 7.66. The molecule has 1 fully saturated rings. The third kappa shape index (κ3) is 5.02. The number of carbonyl (C=O) groups excluding carboxylic acids is 1. The molecule has 0 bridgehead atoms. The molecule has 2 rings (SSSR count). The number of amides is 1. The van der Waals surface area contributed by atoms with E-state index in [1.165, 1.54) is 31.0 Å². The van der Waals surface area contributed by atoms with Crippen molar-refractivity contribution in [3.05, 3.63) is 29.8 Å². The first-order valence-corrected chi connectivity index (χ1v) is 7.66. The lowest BCUT2D eigenvalue weighted by atomic mass is 10.1. The van der Waals surface area contributed by atoms with Gasteiger partial charge < -0.3 is 10.6 Å². The van der Waals surface area contributed by atoms with E-state index in [9.17, 15) is 18.0 Å². The number of benzene rings is 1. The standard InChI is InChI=1S/C16H21F3N2O/c17-16(18,19)13-9-5-6-10-14(13)21-15(22)11-20-12-7-3-1-2-4-8-12/h5-6,9-10,12,20H,1-4,7-8,11H2,(H,21,22). The maximum absolute atomic E-state index is 12.9. The van der Waals surface area contributed by atoms with Crippen molar-refractivity contribution < 1.29 is 18.0 Å².